The van der Waals surface area contributed by atoms with Crippen LogP contribution in [0.15, 0.2) is 51.2 Å². The number of aliphatic imine (C=N–C) groups is 1. The average Bonchev–Trinajstić information content (AvgIpc) is 2.83. The Morgan fingerprint density at radius 1 is 1.09 bits per heavy atom. The molecule has 1 aromatic heterocycles. The number of hydrogen-bond acceptors (Lipinski definition) is 7. The van der Waals surface area contributed by atoms with E-state index in [9.17, 15) is 9.59 Å². The van der Waals surface area contributed by atoms with E-state index in [1.165, 1.54) is 21.3 Å². The fraction of sp³-hybridized carbons (Fsp3) is 0.360. The Labute approximate surface area is 206 Å². The second kappa shape index (κ2) is 9.97. The Bertz CT molecular complexity index is 1160. The third kappa shape index (κ3) is 4.44. The number of hydrogen-bond donors (Lipinski definition) is 1. The maximum atomic E-state index is 13.6. The number of methoxy groups -OCH3 is 3. The van der Waals surface area contributed by atoms with Gasteiger partial charge < -0.3 is 19.5 Å². The quantitative estimate of drug-likeness (QED) is 0.584. The van der Waals surface area contributed by atoms with Crippen LogP contribution in [0.2, 0.25) is 0 Å². The van der Waals surface area contributed by atoms with Gasteiger partial charge in [0.05, 0.1) is 27.2 Å². The number of Topliss-reactive ketones (excluding diaryl/α,β-unsaturated/α-hetero) is 1. The summed E-state index contributed by atoms with van der Waals surface area (Å²) < 4.78 is 17.4. The summed E-state index contributed by atoms with van der Waals surface area (Å²) >= 11 is 3.35. The molecule has 0 fully saturated rings. The van der Waals surface area contributed by atoms with E-state index in [1.807, 2.05) is 6.92 Å². The highest BCUT2D eigenvalue weighted by molar-refractivity contribution is 9.10. The molecule has 2 atom stereocenters. The highest BCUT2D eigenvalue weighted by Gasteiger charge is 2.43. The number of anilines is 1. The lowest BCUT2D eigenvalue weighted by Crippen LogP contribution is -2.39. The number of pyridine rings is 1. The number of rotatable bonds is 6. The zero-order valence-electron chi connectivity index (χ0n) is 19.5. The van der Waals surface area contributed by atoms with E-state index >= 15 is 0 Å². The number of carbonyl (C=O) groups is 2. The van der Waals surface area contributed by atoms with E-state index in [1.54, 1.807) is 30.5 Å². The summed E-state index contributed by atoms with van der Waals surface area (Å²) in [5, 5.41) is 2.89. The molecule has 0 radical (unpaired) electrons. The van der Waals surface area contributed by atoms with Crippen LogP contribution in [0.4, 0.5) is 5.82 Å². The first-order valence-electron chi connectivity index (χ1n) is 10.9. The minimum Gasteiger partial charge on any atom is -0.493 e. The number of ketones is 1. The Balaban J connectivity index is 1.85. The van der Waals surface area contributed by atoms with Gasteiger partial charge in [0, 0.05) is 40.0 Å². The van der Waals surface area contributed by atoms with Gasteiger partial charge in [-0.1, -0.05) is 0 Å². The van der Waals surface area contributed by atoms with Crippen molar-refractivity contribution in [1.82, 2.24) is 4.98 Å². The van der Waals surface area contributed by atoms with Crippen LogP contribution in [0.5, 0.6) is 17.2 Å². The van der Waals surface area contributed by atoms with E-state index in [-0.39, 0.29) is 11.7 Å². The molecule has 34 heavy (non-hydrogen) atoms. The molecule has 0 saturated carbocycles. The normalized spacial score (nSPS) is 19.8. The van der Waals surface area contributed by atoms with Crippen molar-refractivity contribution < 1.29 is 23.8 Å². The third-order valence-corrected chi connectivity index (χ3v) is 6.61. The van der Waals surface area contributed by atoms with Crippen LogP contribution in [0.1, 0.15) is 37.7 Å². The first kappa shape index (κ1) is 23.9. The van der Waals surface area contributed by atoms with Crippen LogP contribution in [-0.4, -0.2) is 43.7 Å². The molecule has 0 saturated heterocycles. The Hall–Kier alpha value is -3.20. The molecule has 1 aliphatic heterocycles. The van der Waals surface area contributed by atoms with E-state index in [0.717, 1.165) is 22.2 Å². The number of aromatic nitrogens is 1. The lowest BCUT2D eigenvalue weighted by atomic mass is 9.71. The number of allylic oxidation sites excluding steroid dienone is 2. The molecule has 2 heterocycles. The van der Waals surface area contributed by atoms with Crippen molar-refractivity contribution in [1.29, 1.82) is 0 Å². The molecule has 0 bridgehead atoms. The van der Waals surface area contributed by atoms with E-state index in [4.69, 9.17) is 19.2 Å². The smallest absolute Gasteiger partial charge is 0.235 e. The molecule has 8 nitrogen and oxygen atoms in total. The number of nitrogens with zero attached hydrogens (tertiary/aromatic N) is 2. The molecule has 0 spiro atoms. The topological polar surface area (TPSA) is 99.1 Å². The summed E-state index contributed by atoms with van der Waals surface area (Å²) in [4.78, 5) is 35.7. The van der Waals surface area contributed by atoms with Gasteiger partial charge in [0.25, 0.3) is 0 Å². The fourth-order valence-electron chi connectivity index (χ4n) is 4.64. The van der Waals surface area contributed by atoms with Gasteiger partial charge in [0.15, 0.2) is 17.3 Å². The molecular formula is C25H26BrN3O5. The summed E-state index contributed by atoms with van der Waals surface area (Å²) in [6.45, 7) is 1.83. The molecule has 1 amide bonds. The third-order valence-electron chi connectivity index (χ3n) is 6.14. The van der Waals surface area contributed by atoms with Crippen LogP contribution >= 0.6 is 15.9 Å². The van der Waals surface area contributed by atoms with Gasteiger partial charge in [0.1, 0.15) is 5.82 Å². The molecular weight excluding hydrogens is 502 g/mol. The monoisotopic (exact) mass is 527 g/mol. The molecule has 178 valence electrons. The molecule has 1 aliphatic carbocycles. The lowest BCUT2D eigenvalue weighted by Gasteiger charge is -2.35. The van der Waals surface area contributed by atoms with Gasteiger partial charge in [-0.25, -0.2) is 4.98 Å². The van der Waals surface area contributed by atoms with Crippen molar-refractivity contribution in [2.24, 2.45) is 10.9 Å². The van der Waals surface area contributed by atoms with E-state index < -0.39 is 11.8 Å². The van der Waals surface area contributed by atoms with Gasteiger partial charge in [-0.3, -0.25) is 14.6 Å². The zero-order valence-corrected chi connectivity index (χ0v) is 21.1. The molecule has 1 unspecified atom stereocenters. The van der Waals surface area contributed by atoms with Gasteiger partial charge in [-0.2, -0.15) is 0 Å². The van der Waals surface area contributed by atoms with Crippen molar-refractivity contribution in [3.8, 4) is 17.2 Å². The van der Waals surface area contributed by atoms with Crippen LogP contribution in [-0.2, 0) is 9.59 Å². The molecule has 9 heteroatoms. The molecule has 1 aromatic carbocycles. The summed E-state index contributed by atoms with van der Waals surface area (Å²) in [7, 11) is 4.60. The number of amides is 1. The summed E-state index contributed by atoms with van der Waals surface area (Å²) in [6.07, 6.45) is 3.48. The largest absolute Gasteiger partial charge is 0.493 e. The van der Waals surface area contributed by atoms with Crippen molar-refractivity contribution in [3.63, 3.8) is 0 Å². The van der Waals surface area contributed by atoms with Gasteiger partial charge in [0.2, 0.25) is 11.7 Å². The maximum absolute atomic E-state index is 13.6. The van der Waals surface area contributed by atoms with Gasteiger partial charge >= 0.3 is 0 Å². The number of nitrogens with one attached hydrogen (secondary N) is 1. The van der Waals surface area contributed by atoms with E-state index in [2.05, 4.69) is 26.2 Å². The molecule has 2 aliphatic rings. The standard InChI is InChI=1S/C25H26BrN3O5/c1-13-21(25(31)29-20-9-8-15(26)12-27-20)22(23-16(28-13)6-5-7-17(23)30)14-10-18(32-2)24(34-4)19(11-14)33-3/h8-12,21-22H,5-7H2,1-4H3,(H,27,29,31)/t21?,22-/m0/s1. The van der Waals surface area contributed by atoms with Crippen LogP contribution in [0, 0.1) is 5.92 Å². The van der Waals surface area contributed by atoms with Crippen molar-refractivity contribution in [2.75, 3.05) is 26.6 Å². The minimum absolute atomic E-state index is 0.0100. The fourth-order valence-corrected chi connectivity index (χ4v) is 4.88. The first-order valence-corrected chi connectivity index (χ1v) is 11.7. The summed E-state index contributed by atoms with van der Waals surface area (Å²) in [5.41, 5.74) is 2.69. The Morgan fingerprint density at radius 2 is 1.79 bits per heavy atom. The summed E-state index contributed by atoms with van der Waals surface area (Å²) in [6, 6.07) is 7.11. The molecule has 4 rings (SSSR count). The second-order valence-corrected chi connectivity index (χ2v) is 9.07. The highest BCUT2D eigenvalue weighted by Crippen LogP contribution is 2.47. The number of halogens is 1. The average molecular weight is 528 g/mol. The van der Waals surface area contributed by atoms with Crippen molar-refractivity contribution in [3.05, 3.63) is 51.8 Å². The van der Waals surface area contributed by atoms with Crippen LogP contribution < -0.4 is 19.5 Å². The summed E-state index contributed by atoms with van der Waals surface area (Å²) in [5.74, 6) is 0.222. The Kier molecular flexibility index (Phi) is 7.02. The SMILES string of the molecule is COc1cc([C@@H]2C3=C(CCCC3=O)N=C(C)C2C(=O)Nc2ccc(Br)cn2)cc(OC)c1OC. The van der Waals surface area contributed by atoms with Crippen molar-refractivity contribution >= 4 is 39.1 Å². The Morgan fingerprint density at radius 3 is 2.38 bits per heavy atom. The van der Waals surface area contributed by atoms with Crippen LogP contribution in [0.3, 0.4) is 0 Å². The van der Waals surface area contributed by atoms with Gasteiger partial charge in [-0.05, 0) is 65.5 Å². The van der Waals surface area contributed by atoms with E-state index in [0.29, 0.717) is 47.2 Å². The molecule has 2 aromatic rings. The second-order valence-electron chi connectivity index (χ2n) is 8.16. The number of carbonyl (C=O) groups excluding carboxylic acids is 2. The van der Waals surface area contributed by atoms with Gasteiger partial charge in [-0.15, -0.1) is 0 Å². The number of ether oxygens (including phenoxy) is 3. The number of benzene rings is 1. The first-order chi connectivity index (χ1) is 16.4. The lowest BCUT2D eigenvalue weighted by molar-refractivity contribution is -0.119. The zero-order chi connectivity index (χ0) is 24.4. The van der Waals surface area contributed by atoms with Crippen LogP contribution in [0.25, 0.3) is 0 Å². The maximum Gasteiger partial charge on any atom is 0.235 e. The molecule has 1 N–H and O–H groups in total. The van der Waals surface area contributed by atoms with Crippen molar-refractivity contribution in [2.45, 2.75) is 32.1 Å². The minimum atomic E-state index is -0.714. The predicted molar refractivity (Wildman–Crippen MR) is 132 cm³/mol. The highest BCUT2D eigenvalue weighted by atomic mass is 79.9. The predicted octanol–water partition coefficient (Wildman–Crippen LogP) is 4.69.